The van der Waals surface area contributed by atoms with E-state index >= 15 is 0 Å². The molecule has 1 N–H and O–H groups in total. The van der Waals surface area contributed by atoms with Gasteiger partial charge in [-0.25, -0.2) is 9.97 Å². The molecule has 6 nitrogen and oxygen atoms in total. The first-order valence-electron chi connectivity index (χ1n) is 9.86. The van der Waals surface area contributed by atoms with E-state index in [1.807, 2.05) is 68.6 Å². The van der Waals surface area contributed by atoms with E-state index in [9.17, 15) is 4.79 Å². The number of hydrogen-bond acceptors (Lipinski definition) is 5. The Kier molecular flexibility index (Phi) is 5.42. The molecule has 0 saturated carbocycles. The van der Waals surface area contributed by atoms with Crippen molar-refractivity contribution >= 4 is 23.2 Å². The van der Waals surface area contributed by atoms with Crippen molar-refractivity contribution in [2.75, 3.05) is 41.3 Å². The fourth-order valence-electron chi connectivity index (χ4n) is 3.49. The van der Waals surface area contributed by atoms with E-state index in [2.05, 4.69) is 25.1 Å². The molecule has 148 valence electrons. The zero-order valence-electron chi connectivity index (χ0n) is 16.8. The summed E-state index contributed by atoms with van der Waals surface area (Å²) >= 11 is 0. The van der Waals surface area contributed by atoms with Crippen LogP contribution in [0.25, 0.3) is 0 Å². The van der Waals surface area contributed by atoms with Crippen LogP contribution in [-0.2, 0) is 0 Å². The molecule has 0 bridgehead atoms. The summed E-state index contributed by atoms with van der Waals surface area (Å²) in [6, 6.07) is 15.7. The maximum atomic E-state index is 12.6. The predicted octanol–water partition coefficient (Wildman–Crippen LogP) is 3.67. The molecular formula is C23H25N5O. The summed E-state index contributed by atoms with van der Waals surface area (Å²) in [7, 11) is 0. The van der Waals surface area contributed by atoms with Crippen molar-refractivity contribution in [2.24, 2.45) is 0 Å². The van der Waals surface area contributed by atoms with Crippen LogP contribution in [-0.4, -0.2) is 42.1 Å². The molecule has 0 unspecified atom stereocenters. The van der Waals surface area contributed by atoms with Gasteiger partial charge in [0.15, 0.2) is 0 Å². The topological polar surface area (TPSA) is 61.4 Å². The second kappa shape index (κ2) is 8.31. The van der Waals surface area contributed by atoms with Gasteiger partial charge in [-0.1, -0.05) is 18.2 Å². The Morgan fingerprint density at radius 1 is 0.862 bits per heavy atom. The molecule has 0 atom stereocenters. The minimum Gasteiger partial charge on any atom is -0.353 e. The van der Waals surface area contributed by atoms with E-state index in [0.29, 0.717) is 5.56 Å². The van der Waals surface area contributed by atoms with Crippen LogP contribution in [0.3, 0.4) is 0 Å². The molecule has 1 fully saturated rings. The van der Waals surface area contributed by atoms with E-state index in [1.54, 1.807) is 6.20 Å². The summed E-state index contributed by atoms with van der Waals surface area (Å²) in [4.78, 5) is 26.1. The number of nitrogens with one attached hydrogen (secondary N) is 1. The second-order valence-corrected chi connectivity index (χ2v) is 7.27. The third-order valence-corrected chi connectivity index (χ3v) is 5.44. The molecular weight excluding hydrogens is 362 g/mol. The largest absolute Gasteiger partial charge is 0.353 e. The highest BCUT2D eigenvalue weighted by atomic mass is 16.1. The van der Waals surface area contributed by atoms with Crippen LogP contribution in [0, 0.1) is 13.8 Å². The van der Waals surface area contributed by atoms with E-state index < -0.39 is 0 Å². The van der Waals surface area contributed by atoms with Gasteiger partial charge < -0.3 is 15.1 Å². The second-order valence-electron chi connectivity index (χ2n) is 7.27. The van der Waals surface area contributed by atoms with Crippen LogP contribution in [0.5, 0.6) is 0 Å². The van der Waals surface area contributed by atoms with Gasteiger partial charge in [0.1, 0.15) is 11.6 Å². The van der Waals surface area contributed by atoms with Crippen LogP contribution < -0.4 is 15.1 Å². The molecule has 0 spiro atoms. The number of anilines is 3. The fourth-order valence-corrected chi connectivity index (χ4v) is 3.49. The first-order valence-corrected chi connectivity index (χ1v) is 9.86. The highest BCUT2D eigenvalue weighted by Gasteiger charge is 2.19. The van der Waals surface area contributed by atoms with Gasteiger partial charge >= 0.3 is 0 Å². The Balaban J connectivity index is 1.38. The molecule has 3 heterocycles. The number of aryl methyl sites for hydroxylation is 1. The van der Waals surface area contributed by atoms with Gasteiger partial charge in [-0.3, -0.25) is 4.79 Å². The lowest BCUT2D eigenvalue weighted by atomic mass is 10.1. The summed E-state index contributed by atoms with van der Waals surface area (Å²) in [5.74, 6) is 1.77. The summed E-state index contributed by atoms with van der Waals surface area (Å²) in [6.07, 6.45) is 3.48. The summed E-state index contributed by atoms with van der Waals surface area (Å²) in [5, 5.41) is 2.98. The predicted molar refractivity (Wildman–Crippen MR) is 117 cm³/mol. The Hall–Kier alpha value is -3.41. The number of rotatable bonds is 4. The number of nitrogens with zero attached hydrogens (tertiary/aromatic N) is 4. The molecule has 6 heteroatoms. The molecule has 1 aliphatic rings. The number of carbonyl (C=O) groups is 1. The van der Waals surface area contributed by atoms with E-state index in [0.717, 1.165) is 54.6 Å². The van der Waals surface area contributed by atoms with Crippen LogP contribution in [0.2, 0.25) is 0 Å². The third kappa shape index (κ3) is 4.21. The van der Waals surface area contributed by atoms with Crippen molar-refractivity contribution in [1.29, 1.82) is 0 Å². The number of aromatic nitrogens is 2. The Morgan fingerprint density at radius 3 is 2.21 bits per heavy atom. The normalized spacial score (nSPS) is 14.0. The van der Waals surface area contributed by atoms with Crippen molar-refractivity contribution < 1.29 is 4.79 Å². The molecule has 1 aromatic carbocycles. The zero-order chi connectivity index (χ0) is 20.2. The number of benzene rings is 1. The third-order valence-electron chi connectivity index (χ3n) is 5.44. The van der Waals surface area contributed by atoms with Crippen molar-refractivity contribution in [3.63, 3.8) is 0 Å². The average molecular weight is 387 g/mol. The zero-order valence-corrected chi connectivity index (χ0v) is 16.8. The van der Waals surface area contributed by atoms with Gasteiger partial charge in [0.05, 0.1) is 5.56 Å². The molecule has 29 heavy (non-hydrogen) atoms. The number of piperazine rings is 1. The van der Waals surface area contributed by atoms with Gasteiger partial charge in [0, 0.05) is 44.3 Å². The lowest BCUT2D eigenvalue weighted by molar-refractivity contribution is 0.102. The van der Waals surface area contributed by atoms with Crippen LogP contribution in [0.1, 0.15) is 21.5 Å². The van der Waals surface area contributed by atoms with Crippen LogP contribution in [0.15, 0.2) is 60.9 Å². The number of hydrogen-bond donors (Lipinski definition) is 1. The molecule has 1 amide bonds. The standard InChI is InChI=1S/C23H25N5O/c1-17-6-5-7-20(18(17)2)26-23(29)19-9-10-22(25-16-19)28-14-12-27(13-15-28)21-8-3-4-11-24-21/h3-11,16H,12-15H2,1-2H3,(H,26,29). The molecule has 0 radical (unpaired) electrons. The molecule has 0 aliphatic carbocycles. The van der Waals surface area contributed by atoms with E-state index in [4.69, 9.17) is 0 Å². The smallest absolute Gasteiger partial charge is 0.257 e. The van der Waals surface area contributed by atoms with Gasteiger partial charge in [0.2, 0.25) is 0 Å². The van der Waals surface area contributed by atoms with Crippen molar-refractivity contribution in [3.8, 4) is 0 Å². The summed E-state index contributed by atoms with van der Waals surface area (Å²) in [5.41, 5.74) is 3.63. The molecule has 3 aromatic rings. The quantitative estimate of drug-likeness (QED) is 0.740. The Labute approximate surface area is 171 Å². The Morgan fingerprint density at radius 2 is 1.59 bits per heavy atom. The molecule has 1 saturated heterocycles. The monoisotopic (exact) mass is 387 g/mol. The highest BCUT2D eigenvalue weighted by molar-refractivity contribution is 6.04. The maximum Gasteiger partial charge on any atom is 0.257 e. The maximum absolute atomic E-state index is 12.6. The molecule has 2 aromatic heterocycles. The van der Waals surface area contributed by atoms with Crippen LogP contribution in [0.4, 0.5) is 17.3 Å². The lowest BCUT2D eigenvalue weighted by Gasteiger charge is -2.36. The average Bonchev–Trinajstić information content (AvgIpc) is 2.78. The van der Waals surface area contributed by atoms with Gasteiger partial charge in [0.25, 0.3) is 5.91 Å². The van der Waals surface area contributed by atoms with Crippen molar-refractivity contribution in [1.82, 2.24) is 9.97 Å². The van der Waals surface area contributed by atoms with Crippen molar-refractivity contribution in [3.05, 3.63) is 77.6 Å². The minimum absolute atomic E-state index is 0.141. The number of amides is 1. The Bertz CT molecular complexity index is 980. The van der Waals surface area contributed by atoms with Gasteiger partial charge in [-0.2, -0.15) is 0 Å². The first-order chi connectivity index (χ1) is 14.1. The van der Waals surface area contributed by atoms with Crippen molar-refractivity contribution in [2.45, 2.75) is 13.8 Å². The summed E-state index contributed by atoms with van der Waals surface area (Å²) < 4.78 is 0. The van der Waals surface area contributed by atoms with E-state index in [1.165, 1.54) is 0 Å². The minimum atomic E-state index is -0.141. The SMILES string of the molecule is Cc1cccc(NC(=O)c2ccc(N3CCN(c4ccccn4)CC3)nc2)c1C. The summed E-state index contributed by atoms with van der Waals surface area (Å²) in [6.45, 7) is 7.59. The van der Waals surface area contributed by atoms with Gasteiger partial charge in [-0.15, -0.1) is 0 Å². The van der Waals surface area contributed by atoms with E-state index in [-0.39, 0.29) is 5.91 Å². The lowest BCUT2D eigenvalue weighted by Crippen LogP contribution is -2.47. The molecule has 4 rings (SSSR count). The highest BCUT2D eigenvalue weighted by Crippen LogP contribution is 2.20. The molecule has 1 aliphatic heterocycles. The number of pyridine rings is 2. The fraction of sp³-hybridized carbons (Fsp3) is 0.261. The first kappa shape index (κ1) is 18.9. The number of carbonyl (C=O) groups excluding carboxylic acids is 1. The van der Waals surface area contributed by atoms with Gasteiger partial charge in [-0.05, 0) is 55.3 Å². The van der Waals surface area contributed by atoms with Crippen LogP contribution >= 0.6 is 0 Å².